The van der Waals surface area contributed by atoms with Crippen molar-refractivity contribution in [2.75, 3.05) is 6.61 Å². The number of esters is 1. The van der Waals surface area contributed by atoms with Gasteiger partial charge in [0.2, 0.25) is 0 Å². The summed E-state index contributed by atoms with van der Waals surface area (Å²) in [6.45, 7) is 5.61. The van der Waals surface area contributed by atoms with Crippen molar-refractivity contribution >= 4 is 18.0 Å². The number of amides is 1. The second-order valence-corrected chi connectivity index (χ2v) is 4.73. The Morgan fingerprint density at radius 2 is 2.15 bits per heavy atom. The van der Waals surface area contributed by atoms with Crippen LogP contribution in [0.2, 0.25) is 0 Å². The van der Waals surface area contributed by atoms with Crippen molar-refractivity contribution < 1.29 is 14.3 Å². The topological polar surface area (TPSA) is 55.4 Å². The van der Waals surface area contributed by atoms with Gasteiger partial charge in [-0.25, -0.2) is 4.79 Å². The van der Waals surface area contributed by atoms with Crippen molar-refractivity contribution in [3.05, 3.63) is 41.5 Å². The monoisotopic (exact) mass is 275 g/mol. The van der Waals surface area contributed by atoms with Gasteiger partial charge in [-0.15, -0.1) is 0 Å². The Morgan fingerprint density at radius 3 is 2.80 bits per heavy atom. The minimum atomic E-state index is -0.522. The van der Waals surface area contributed by atoms with E-state index >= 15 is 0 Å². The molecule has 1 amide bonds. The SMILES string of the molecule is CC[C@H](C)NC(=O)COC(=O)/C=C/c1cccc(C)c1. The molecule has 0 radical (unpaired) electrons. The van der Waals surface area contributed by atoms with E-state index < -0.39 is 5.97 Å². The van der Waals surface area contributed by atoms with Gasteiger partial charge in [-0.2, -0.15) is 0 Å². The molecule has 0 heterocycles. The van der Waals surface area contributed by atoms with Gasteiger partial charge in [0.1, 0.15) is 0 Å². The summed E-state index contributed by atoms with van der Waals surface area (Å²) >= 11 is 0. The number of carbonyl (C=O) groups is 2. The number of nitrogens with one attached hydrogen (secondary N) is 1. The van der Waals surface area contributed by atoms with Gasteiger partial charge in [-0.3, -0.25) is 4.79 Å². The van der Waals surface area contributed by atoms with Crippen LogP contribution < -0.4 is 5.32 Å². The van der Waals surface area contributed by atoms with Gasteiger partial charge < -0.3 is 10.1 Å². The molecule has 1 N–H and O–H groups in total. The predicted octanol–water partition coefficient (Wildman–Crippen LogP) is 2.47. The van der Waals surface area contributed by atoms with Crippen LogP contribution in [0.15, 0.2) is 30.3 Å². The van der Waals surface area contributed by atoms with Gasteiger partial charge in [-0.05, 0) is 31.9 Å². The van der Waals surface area contributed by atoms with E-state index in [2.05, 4.69) is 5.32 Å². The fraction of sp³-hybridized carbons (Fsp3) is 0.375. The molecule has 0 saturated carbocycles. The van der Waals surface area contributed by atoms with Crippen LogP contribution in [0.4, 0.5) is 0 Å². The van der Waals surface area contributed by atoms with Gasteiger partial charge in [0.25, 0.3) is 5.91 Å². The summed E-state index contributed by atoms with van der Waals surface area (Å²) in [4.78, 5) is 22.9. The summed E-state index contributed by atoms with van der Waals surface area (Å²) in [5.41, 5.74) is 2.04. The molecule has 0 spiro atoms. The van der Waals surface area contributed by atoms with E-state index in [1.165, 1.54) is 6.08 Å². The van der Waals surface area contributed by atoms with E-state index in [9.17, 15) is 9.59 Å². The third-order valence-electron chi connectivity index (χ3n) is 2.82. The van der Waals surface area contributed by atoms with Crippen LogP contribution in [-0.2, 0) is 14.3 Å². The van der Waals surface area contributed by atoms with E-state index in [1.54, 1.807) is 6.08 Å². The van der Waals surface area contributed by atoms with Crippen molar-refractivity contribution in [1.29, 1.82) is 0 Å². The van der Waals surface area contributed by atoms with Gasteiger partial charge >= 0.3 is 5.97 Å². The Morgan fingerprint density at radius 1 is 1.40 bits per heavy atom. The van der Waals surface area contributed by atoms with E-state index in [-0.39, 0.29) is 18.6 Å². The highest BCUT2D eigenvalue weighted by Crippen LogP contribution is 2.05. The zero-order chi connectivity index (χ0) is 15.0. The summed E-state index contributed by atoms with van der Waals surface area (Å²) in [6, 6.07) is 7.84. The quantitative estimate of drug-likeness (QED) is 0.641. The molecule has 1 rings (SSSR count). The van der Waals surface area contributed by atoms with Crippen LogP contribution in [0.5, 0.6) is 0 Å². The Bertz CT molecular complexity index is 494. The molecule has 0 aliphatic carbocycles. The predicted molar refractivity (Wildman–Crippen MR) is 79.1 cm³/mol. The van der Waals surface area contributed by atoms with Crippen LogP contribution in [-0.4, -0.2) is 24.5 Å². The zero-order valence-corrected chi connectivity index (χ0v) is 12.2. The normalized spacial score (nSPS) is 12.2. The minimum absolute atomic E-state index is 0.0871. The van der Waals surface area contributed by atoms with Crippen molar-refractivity contribution in [2.45, 2.75) is 33.2 Å². The average Bonchev–Trinajstić information content (AvgIpc) is 2.42. The zero-order valence-electron chi connectivity index (χ0n) is 12.2. The maximum Gasteiger partial charge on any atom is 0.331 e. The highest BCUT2D eigenvalue weighted by atomic mass is 16.5. The lowest BCUT2D eigenvalue weighted by molar-refractivity contribution is -0.144. The molecule has 0 saturated heterocycles. The summed E-state index contributed by atoms with van der Waals surface area (Å²) < 4.78 is 4.86. The standard InChI is InChI=1S/C16H21NO3/c1-4-13(3)17-15(18)11-20-16(19)9-8-14-7-5-6-12(2)10-14/h5-10,13H,4,11H2,1-3H3,(H,17,18)/b9-8+/t13-/m0/s1. The van der Waals surface area contributed by atoms with Crippen molar-refractivity contribution in [2.24, 2.45) is 0 Å². The van der Waals surface area contributed by atoms with Gasteiger partial charge in [0.05, 0.1) is 0 Å². The van der Waals surface area contributed by atoms with E-state index in [4.69, 9.17) is 4.74 Å². The number of aryl methyl sites for hydroxylation is 1. The van der Waals surface area contributed by atoms with Crippen LogP contribution in [0.25, 0.3) is 6.08 Å². The van der Waals surface area contributed by atoms with E-state index in [0.29, 0.717) is 0 Å². The number of benzene rings is 1. The lowest BCUT2D eigenvalue weighted by Crippen LogP contribution is -2.35. The molecule has 4 nitrogen and oxygen atoms in total. The second-order valence-electron chi connectivity index (χ2n) is 4.73. The van der Waals surface area contributed by atoms with Crippen LogP contribution >= 0.6 is 0 Å². The summed E-state index contributed by atoms with van der Waals surface area (Å²) in [5, 5.41) is 2.73. The van der Waals surface area contributed by atoms with Crippen molar-refractivity contribution in [1.82, 2.24) is 5.32 Å². The molecule has 0 aliphatic rings. The molecule has 0 aliphatic heterocycles. The van der Waals surface area contributed by atoms with Gasteiger partial charge in [0.15, 0.2) is 6.61 Å². The number of carbonyl (C=O) groups excluding carboxylic acids is 2. The molecule has 1 atom stereocenters. The summed E-state index contributed by atoms with van der Waals surface area (Å²) in [7, 11) is 0. The van der Waals surface area contributed by atoms with E-state index in [0.717, 1.165) is 17.5 Å². The molecule has 0 aromatic heterocycles. The van der Waals surface area contributed by atoms with Crippen LogP contribution in [0.1, 0.15) is 31.4 Å². The van der Waals surface area contributed by atoms with E-state index in [1.807, 2.05) is 45.0 Å². The highest BCUT2D eigenvalue weighted by Gasteiger charge is 2.07. The Labute approximate surface area is 119 Å². The first-order valence-electron chi connectivity index (χ1n) is 6.72. The third-order valence-corrected chi connectivity index (χ3v) is 2.82. The second kappa shape index (κ2) is 8.15. The molecule has 108 valence electrons. The highest BCUT2D eigenvalue weighted by molar-refractivity contribution is 5.89. The first-order valence-corrected chi connectivity index (χ1v) is 6.72. The molecular weight excluding hydrogens is 254 g/mol. The van der Waals surface area contributed by atoms with Crippen molar-refractivity contribution in [3.8, 4) is 0 Å². The Kier molecular flexibility index (Phi) is 6.50. The maximum atomic E-state index is 11.5. The fourth-order valence-corrected chi connectivity index (χ4v) is 1.54. The number of rotatable bonds is 6. The molecule has 4 heteroatoms. The lowest BCUT2D eigenvalue weighted by Gasteiger charge is -2.10. The Balaban J connectivity index is 2.38. The largest absolute Gasteiger partial charge is 0.452 e. The molecule has 1 aromatic rings. The molecule has 0 fully saturated rings. The molecule has 0 bridgehead atoms. The molecule has 20 heavy (non-hydrogen) atoms. The van der Waals surface area contributed by atoms with Crippen molar-refractivity contribution in [3.63, 3.8) is 0 Å². The first kappa shape index (κ1) is 16.0. The fourth-order valence-electron chi connectivity index (χ4n) is 1.54. The molecule has 0 unspecified atom stereocenters. The first-order chi connectivity index (χ1) is 9.51. The number of ether oxygens (including phenoxy) is 1. The number of hydrogen-bond acceptors (Lipinski definition) is 3. The van der Waals surface area contributed by atoms with Crippen LogP contribution in [0.3, 0.4) is 0 Å². The molecular formula is C16H21NO3. The smallest absolute Gasteiger partial charge is 0.331 e. The van der Waals surface area contributed by atoms with Gasteiger partial charge in [0, 0.05) is 12.1 Å². The number of hydrogen-bond donors (Lipinski definition) is 1. The molecule has 1 aromatic carbocycles. The van der Waals surface area contributed by atoms with Crippen LogP contribution in [0, 0.1) is 6.92 Å². The lowest BCUT2D eigenvalue weighted by atomic mass is 10.1. The summed E-state index contributed by atoms with van der Waals surface area (Å²) in [5.74, 6) is -0.803. The average molecular weight is 275 g/mol. The minimum Gasteiger partial charge on any atom is -0.452 e. The maximum absolute atomic E-state index is 11.5. The summed E-state index contributed by atoms with van der Waals surface area (Å²) in [6.07, 6.45) is 3.83. The third kappa shape index (κ3) is 6.18. The van der Waals surface area contributed by atoms with Gasteiger partial charge in [-0.1, -0.05) is 36.8 Å². The Hall–Kier alpha value is -2.10.